The van der Waals surface area contributed by atoms with Crippen LogP contribution < -0.4 is 14.9 Å². The first kappa shape index (κ1) is 25.1. The van der Waals surface area contributed by atoms with Crippen LogP contribution in [0.15, 0.2) is 39.5 Å². The fraction of sp³-hybridized carbons (Fsp3) is 0.429. The van der Waals surface area contributed by atoms with Crippen LogP contribution in [0.2, 0.25) is 5.02 Å². The highest BCUT2D eigenvalue weighted by molar-refractivity contribution is 6.32. The van der Waals surface area contributed by atoms with E-state index >= 15 is 0 Å². The number of amides is 1. The summed E-state index contributed by atoms with van der Waals surface area (Å²) in [6, 6.07) is 8.37. The summed E-state index contributed by atoms with van der Waals surface area (Å²) in [5, 5.41) is 0.861. The topological polar surface area (TPSA) is 69.0 Å². The molecule has 1 atom stereocenters. The minimum atomic E-state index is -0.575. The molecule has 1 unspecified atom stereocenters. The number of hydrogen-bond donors (Lipinski definition) is 0. The fourth-order valence-corrected chi connectivity index (χ4v) is 4.71. The lowest BCUT2D eigenvalue weighted by Crippen LogP contribution is -2.30. The Hall–Kier alpha value is -2.99. The summed E-state index contributed by atoms with van der Waals surface area (Å²) in [7, 11) is 1.59. The molecule has 2 aromatic carbocycles. The van der Waals surface area contributed by atoms with E-state index in [0.717, 1.165) is 43.2 Å². The van der Waals surface area contributed by atoms with Crippen molar-refractivity contribution in [2.24, 2.45) is 0 Å². The molecule has 1 amide bonds. The van der Waals surface area contributed by atoms with Crippen molar-refractivity contribution in [2.75, 3.05) is 20.3 Å². The summed E-state index contributed by atoms with van der Waals surface area (Å²) in [4.78, 5) is 29.0. The van der Waals surface area contributed by atoms with Crippen molar-refractivity contribution in [2.45, 2.75) is 58.9 Å². The van der Waals surface area contributed by atoms with Crippen LogP contribution in [0, 0.1) is 6.92 Å². The van der Waals surface area contributed by atoms with Gasteiger partial charge in [0, 0.05) is 11.6 Å². The molecule has 0 spiro atoms. The van der Waals surface area contributed by atoms with Gasteiger partial charge in [-0.15, -0.1) is 0 Å². The van der Waals surface area contributed by atoms with E-state index < -0.39 is 6.04 Å². The van der Waals surface area contributed by atoms with E-state index in [2.05, 4.69) is 13.8 Å². The van der Waals surface area contributed by atoms with Crippen molar-refractivity contribution in [3.8, 4) is 11.5 Å². The molecule has 0 radical (unpaired) electrons. The first-order valence-corrected chi connectivity index (χ1v) is 12.7. The Balaban J connectivity index is 1.85. The SMILES string of the molecule is CCCCCN1C(=O)c2oc3cc(C)c(Cl)cc3c(=O)c2C1c1ccc(OCCCC)c(OC)c1. The predicted octanol–water partition coefficient (Wildman–Crippen LogP) is 6.68. The van der Waals surface area contributed by atoms with Crippen LogP contribution in [0.25, 0.3) is 11.0 Å². The molecule has 3 aromatic rings. The molecular formula is C28H32ClNO5. The van der Waals surface area contributed by atoms with Crippen LogP contribution in [-0.2, 0) is 0 Å². The first-order valence-electron chi connectivity index (χ1n) is 12.3. The molecule has 0 saturated carbocycles. The van der Waals surface area contributed by atoms with Gasteiger partial charge in [0.15, 0.2) is 16.9 Å². The molecule has 0 fully saturated rings. The number of carbonyl (C=O) groups is 1. The Morgan fingerprint density at radius 2 is 1.80 bits per heavy atom. The molecule has 2 heterocycles. The number of fused-ring (bicyclic) bond motifs is 2. The summed E-state index contributed by atoms with van der Waals surface area (Å²) in [6.45, 7) is 7.18. The monoisotopic (exact) mass is 497 g/mol. The van der Waals surface area contributed by atoms with E-state index in [4.69, 9.17) is 25.5 Å². The molecule has 1 aromatic heterocycles. The number of methoxy groups -OCH3 is 1. The third-order valence-electron chi connectivity index (χ3n) is 6.51. The van der Waals surface area contributed by atoms with Crippen molar-refractivity contribution in [3.05, 3.63) is 68.0 Å². The van der Waals surface area contributed by atoms with Gasteiger partial charge in [-0.25, -0.2) is 0 Å². The normalized spacial score (nSPS) is 15.1. The van der Waals surface area contributed by atoms with Crippen molar-refractivity contribution in [3.63, 3.8) is 0 Å². The largest absolute Gasteiger partial charge is 0.493 e. The van der Waals surface area contributed by atoms with E-state index in [9.17, 15) is 9.59 Å². The van der Waals surface area contributed by atoms with Gasteiger partial charge in [-0.3, -0.25) is 9.59 Å². The minimum Gasteiger partial charge on any atom is -0.493 e. The van der Waals surface area contributed by atoms with Gasteiger partial charge in [0.25, 0.3) is 5.91 Å². The van der Waals surface area contributed by atoms with Crippen molar-refractivity contribution >= 4 is 28.5 Å². The van der Waals surface area contributed by atoms with Gasteiger partial charge in [-0.1, -0.05) is 50.8 Å². The summed E-state index contributed by atoms with van der Waals surface area (Å²) in [5.74, 6) is 1.04. The maximum Gasteiger partial charge on any atom is 0.290 e. The fourth-order valence-electron chi connectivity index (χ4n) is 4.55. The van der Waals surface area contributed by atoms with Gasteiger partial charge in [-0.2, -0.15) is 0 Å². The second kappa shape index (κ2) is 10.7. The zero-order chi connectivity index (χ0) is 25.1. The lowest BCUT2D eigenvalue weighted by molar-refractivity contribution is 0.0724. The van der Waals surface area contributed by atoms with Crippen LogP contribution in [0.5, 0.6) is 11.5 Å². The zero-order valence-corrected chi connectivity index (χ0v) is 21.5. The lowest BCUT2D eigenvalue weighted by Gasteiger charge is -2.25. The Labute approximate surface area is 210 Å². The number of rotatable bonds is 10. The van der Waals surface area contributed by atoms with Gasteiger partial charge in [-0.05, 0) is 55.2 Å². The number of halogens is 1. The molecule has 0 bridgehead atoms. The van der Waals surface area contributed by atoms with Crippen molar-refractivity contribution in [1.29, 1.82) is 0 Å². The number of aryl methyl sites for hydroxylation is 1. The Morgan fingerprint density at radius 3 is 2.51 bits per heavy atom. The van der Waals surface area contributed by atoms with E-state index in [1.54, 1.807) is 24.1 Å². The summed E-state index contributed by atoms with van der Waals surface area (Å²) in [5.41, 5.74) is 2.04. The number of ether oxygens (including phenoxy) is 2. The van der Waals surface area contributed by atoms with Gasteiger partial charge in [0.05, 0.1) is 30.7 Å². The van der Waals surface area contributed by atoms with E-state index in [0.29, 0.717) is 46.2 Å². The molecule has 1 aliphatic heterocycles. The summed E-state index contributed by atoms with van der Waals surface area (Å²) in [6.07, 6.45) is 4.81. The maximum atomic E-state index is 13.7. The average Bonchev–Trinajstić information content (AvgIpc) is 3.13. The van der Waals surface area contributed by atoms with Crippen LogP contribution in [0.4, 0.5) is 0 Å². The third-order valence-corrected chi connectivity index (χ3v) is 6.92. The highest BCUT2D eigenvalue weighted by atomic mass is 35.5. The molecule has 1 aliphatic rings. The average molecular weight is 498 g/mol. The van der Waals surface area contributed by atoms with Crippen molar-refractivity contribution in [1.82, 2.24) is 4.90 Å². The molecule has 0 aliphatic carbocycles. The lowest BCUT2D eigenvalue weighted by atomic mass is 9.97. The Morgan fingerprint density at radius 1 is 1.03 bits per heavy atom. The van der Waals surface area contributed by atoms with Gasteiger partial charge in [0.1, 0.15) is 5.58 Å². The minimum absolute atomic E-state index is 0.105. The summed E-state index contributed by atoms with van der Waals surface area (Å²) >= 11 is 6.33. The van der Waals surface area contributed by atoms with E-state index in [1.807, 2.05) is 25.1 Å². The number of unbranched alkanes of at least 4 members (excludes halogenated alkanes) is 3. The van der Waals surface area contributed by atoms with Gasteiger partial charge < -0.3 is 18.8 Å². The van der Waals surface area contributed by atoms with Crippen LogP contribution in [-0.4, -0.2) is 31.1 Å². The standard InChI is InChI=1S/C28H32ClNO5/c1-5-7-9-12-30-25(18-10-11-21(23(15-18)33-4)34-13-8-6-2)24-26(31)19-16-20(29)17(3)14-22(19)35-27(24)28(30)32/h10-11,14-16,25H,5-9,12-13H2,1-4H3. The molecule has 0 N–H and O–H groups in total. The molecular weight excluding hydrogens is 466 g/mol. The van der Waals surface area contributed by atoms with Crippen molar-refractivity contribution < 1.29 is 18.7 Å². The number of nitrogens with zero attached hydrogens (tertiary/aromatic N) is 1. The molecule has 35 heavy (non-hydrogen) atoms. The zero-order valence-electron chi connectivity index (χ0n) is 20.8. The highest BCUT2D eigenvalue weighted by Crippen LogP contribution is 2.41. The smallest absolute Gasteiger partial charge is 0.290 e. The van der Waals surface area contributed by atoms with Crippen LogP contribution in [0.3, 0.4) is 0 Å². The van der Waals surface area contributed by atoms with Crippen LogP contribution in [0.1, 0.15) is 79.2 Å². The Kier molecular flexibility index (Phi) is 7.70. The molecule has 4 rings (SSSR count). The molecule has 7 heteroatoms. The number of carbonyl (C=O) groups excluding carboxylic acids is 1. The predicted molar refractivity (Wildman–Crippen MR) is 138 cm³/mol. The molecule has 186 valence electrons. The number of hydrogen-bond acceptors (Lipinski definition) is 5. The quantitative estimate of drug-likeness (QED) is 0.292. The number of benzene rings is 2. The van der Waals surface area contributed by atoms with E-state index in [-0.39, 0.29) is 17.1 Å². The van der Waals surface area contributed by atoms with Gasteiger partial charge in [0.2, 0.25) is 5.76 Å². The second-order valence-electron chi connectivity index (χ2n) is 8.99. The highest BCUT2D eigenvalue weighted by Gasteiger charge is 2.42. The molecule has 6 nitrogen and oxygen atoms in total. The second-order valence-corrected chi connectivity index (χ2v) is 9.40. The Bertz CT molecular complexity index is 1300. The third kappa shape index (κ3) is 4.76. The molecule has 0 saturated heterocycles. The first-order chi connectivity index (χ1) is 16.9. The van der Waals surface area contributed by atoms with Crippen LogP contribution >= 0.6 is 11.6 Å². The maximum absolute atomic E-state index is 13.7. The van der Waals surface area contributed by atoms with Gasteiger partial charge >= 0.3 is 0 Å². The summed E-state index contributed by atoms with van der Waals surface area (Å²) < 4.78 is 17.6. The van der Waals surface area contributed by atoms with E-state index in [1.165, 1.54) is 0 Å².